The SMILES string of the molecule is CC1CCCN(C(=O)Nc2ccc(-n3cccn3)cc2)C1CO. The van der Waals surface area contributed by atoms with Crippen LogP contribution < -0.4 is 5.32 Å². The number of carbonyl (C=O) groups is 1. The van der Waals surface area contributed by atoms with Crippen LogP contribution in [-0.2, 0) is 0 Å². The zero-order chi connectivity index (χ0) is 16.2. The zero-order valence-electron chi connectivity index (χ0n) is 13.2. The highest BCUT2D eigenvalue weighted by Crippen LogP contribution is 2.24. The molecule has 2 N–H and O–H groups in total. The van der Waals surface area contributed by atoms with E-state index >= 15 is 0 Å². The molecule has 1 fully saturated rings. The fourth-order valence-electron chi connectivity index (χ4n) is 3.09. The number of benzene rings is 1. The summed E-state index contributed by atoms with van der Waals surface area (Å²) < 4.78 is 1.76. The average molecular weight is 314 g/mol. The first-order valence-corrected chi connectivity index (χ1v) is 7.97. The molecular formula is C17H22N4O2. The maximum Gasteiger partial charge on any atom is 0.322 e. The monoisotopic (exact) mass is 314 g/mol. The summed E-state index contributed by atoms with van der Waals surface area (Å²) in [7, 11) is 0. The average Bonchev–Trinajstić information content (AvgIpc) is 3.09. The Morgan fingerprint density at radius 2 is 2.17 bits per heavy atom. The molecule has 0 aliphatic carbocycles. The number of rotatable bonds is 3. The summed E-state index contributed by atoms with van der Waals surface area (Å²) in [6.07, 6.45) is 5.62. The van der Waals surface area contributed by atoms with E-state index in [1.807, 2.05) is 36.5 Å². The van der Waals surface area contributed by atoms with E-state index in [0.29, 0.717) is 12.5 Å². The van der Waals surface area contributed by atoms with Gasteiger partial charge < -0.3 is 15.3 Å². The van der Waals surface area contributed by atoms with Crippen molar-refractivity contribution in [1.82, 2.24) is 14.7 Å². The molecule has 2 aromatic rings. The van der Waals surface area contributed by atoms with Crippen LogP contribution in [0.3, 0.4) is 0 Å². The lowest BCUT2D eigenvalue weighted by atomic mass is 9.91. The summed E-state index contributed by atoms with van der Waals surface area (Å²) in [4.78, 5) is 14.2. The van der Waals surface area contributed by atoms with Gasteiger partial charge in [-0.2, -0.15) is 5.10 Å². The highest BCUT2D eigenvalue weighted by Gasteiger charge is 2.31. The number of anilines is 1. The highest BCUT2D eigenvalue weighted by atomic mass is 16.3. The number of carbonyl (C=O) groups excluding carboxylic acids is 1. The molecule has 6 heteroatoms. The number of urea groups is 1. The van der Waals surface area contributed by atoms with Gasteiger partial charge >= 0.3 is 6.03 Å². The Morgan fingerprint density at radius 1 is 1.39 bits per heavy atom. The van der Waals surface area contributed by atoms with Crippen molar-refractivity contribution in [3.63, 3.8) is 0 Å². The number of aromatic nitrogens is 2. The summed E-state index contributed by atoms with van der Waals surface area (Å²) in [5.74, 6) is 0.321. The number of likely N-dealkylation sites (tertiary alicyclic amines) is 1. The topological polar surface area (TPSA) is 70.4 Å². The van der Waals surface area contributed by atoms with Crippen molar-refractivity contribution in [2.75, 3.05) is 18.5 Å². The van der Waals surface area contributed by atoms with Crippen LogP contribution in [0.4, 0.5) is 10.5 Å². The molecular weight excluding hydrogens is 292 g/mol. The molecule has 0 bridgehead atoms. The van der Waals surface area contributed by atoms with E-state index in [1.165, 1.54) is 0 Å². The van der Waals surface area contributed by atoms with Crippen molar-refractivity contribution in [3.8, 4) is 5.69 Å². The maximum atomic E-state index is 12.5. The first kappa shape index (κ1) is 15.6. The molecule has 0 radical (unpaired) electrons. The van der Waals surface area contributed by atoms with Gasteiger partial charge in [0.2, 0.25) is 0 Å². The van der Waals surface area contributed by atoms with Crippen molar-refractivity contribution in [3.05, 3.63) is 42.7 Å². The Balaban J connectivity index is 1.67. The lowest BCUT2D eigenvalue weighted by Gasteiger charge is -2.38. The van der Waals surface area contributed by atoms with E-state index in [2.05, 4.69) is 17.3 Å². The van der Waals surface area contributed by atoms with Gasteiger partial charge in [0.15, 0.2) is 0 Å². The van der Waals surface area contributed by atoms with Crippen molar-refractivity contribution in [2.24, 2.45) is 5.92 Å². The summed E-state index contributed by atoms with van der Waals surface area (Å²) in [5.41, 5.74) is 1.67. The third kappa shape index (κ3) is 3.37. The summed E-state index contributed by atoms with van der Waals surface area (Å²) >= 11 is 0. The van der Waals surface area contributed by atoms with E-state index in [1.54, 1.807) is 15.8 Å². The molecule has 3 rings (SSSR count). The molecule has 1 aliphatic rings. The first-order valence-electron chi connectivity index (χ1n) is 7.97. The minimum atomic E-state index is -0.151. The first-order chi connectivity index (χ1) is 11.2. The number of aliphatic hydroxyl groups is 1. The summed E-state index contributed by atoms with van der Waals surface area (Å²) in [6.45, 7) is 2.78. The Kier molecular flexibility index (Phi) is 4.62. The molecule has 2 heterocycles. The van der Waals surface area contributed by atoms with Crippen LogP contribution in [-0.4, -0.2) is 45.0 Å². The predicted molar refractivity (Wildman–Crippen MR) is 88.6 cm³/mol. The highest BCUT2D eigenvalue weighted by molar-refractivity contribution is 5.89. The van der Waals surface area contributed by atoms with Gasteiger partial charge in [-0.05, 0) is 49.1 Å². The lowest BCUT2D eigenvalue weighted by molar-refractivity contribution is 0.0811. The number of aliphatic hydroxyl groups excluding tert-OH is 1. The van der Waals surface area contributed by atoms with Gasteiger partial charge in [0, 0.05) is 24.6 Å². The van der Waals surface area contributed by atoms with Crippen LogP contribution in [0, 0.1) is 5.92 Å². The molecule has 23 heavy (non-hydrogen) atoms. The molecule has 1 saturated heterocycles. The molecule has 6 nitrogen and oxygen atoms in total. The quantitative estimate of drug-likeness (QED) is 0.914. The fraction of sp³-hybridized carbons (Fsp3) is 0.412. The molecule has 122 valence electrons. The van der Waals surface area contributed by atoms with Crippen LogP contribution >= 0.6 is 0 Å². The number of hydrogen-bond acceptors (Lipinski definition) is 3. The largest absolute Gasteiger partial charge is 0.394 e. The summed E-state index contributed by atoms with van der Waals surface area (Å²) in [5, 5.41) is 16.6. The standard InChI is InChI=1S/C17H22N4O2/c1-13-4-2-10-20(16(13)12-22)17(23)19-14-5-7-15(8-6-14)21-11-3-9-18-21/h3,5-9,11,13,16,22H,2,4,10,12H2,1H3,(H,19,23). The minimum absolute atomic E-state index is 0.00677. The van der Waals surface area contributed by atoms with Crippen LogP contribution in [0.2, 0.25) is 0 Å². The van der Waals surface area contributed by atoms with Crippen molar-refractivity contribution in [1.29, 1.82) is 0 Å². The normalized spacial score (nSPS) is 21.2. The molecule has 0 spiro atoms. The van der Waals surface area contributed by atoms with Crippen molar-refractivity contribution >= 4 is 11.7 Å². The van der Waals surface area contributed by atoms with Crippen LogP contribution in [0.25, 0.3) is 5.69 Å². The zero-order valence-corrected chi connectivity index (χ0v) is 13.2. The van der Waals surface area contributed by atoms with E-state index in [4.69, 9.17) is 0 Å². The van der Waals surface area contributed by atoms with Gasteiger partial charge in [-0.25, -0.2) is 9.48 Å². The Hall–Kier alpha value is -2.34. The Bertz CT molecular complexity index is 639. The van der Waals surface area contributed by atoms with Crippen molar-refractivity contribution in [2.45, 2.75) is 25.8 Å². The Labute approximate surface area is 135 Å². The summed E-state index contributed by atoms with van der Waals surface area (Å²) in [6, 6.07) is 9.14. The van der Waals surface area contributed by atoms with Gasteiger partial charge in [0.25, 0.3) is 0 Å². The second-order valence-corrected chi connectivity index (χ2v) is 5.99. The molecule has 2 unspecified atom stereocenters. The number of piperidine rings is 1. The maximum absolute atomic E-state index is 12.5. The van der Waals surface area contributed by atoms with Crippen LogP contribution in [0.15, 0.2) is 42.7 Å². The van der Waals surface area contributed by atoms with E-state index < -0.39 is 0 Å². The third-order valence-electron chi connectivity index (χ3n) is 4.45. The van der Waals surface area contributed by atoms with Gasteiger partial charge in [0.1, 0.15) is 0 Å². The molecule has 1 aromatic carbocycles. The lowest BCUT2D eigenvalue weighted by Crippen LogP contribution is -2.51. The number of amides is 2. The second-order valence-electron chi connectivity index (χ2n) is 5.99. The number of nitrogens with zero attached hydrogens (tertiary/aromatic N) is 3. The van der Waals surface area contributed by atoms with Crippen LogP contribution in [0.1, 0.15) is 19.8 Å². The third-order valence-corrected chi connectivity index (χ3v) is 4.45. The molecule has 2 atom stereocenters. The molecule has 2 amide bonds. The molecule has 1 aromatic heterocycles. The second kappa shape index (κ2) is 6.83. The number of hydrogen-bond donors (Lipinski definition) is 2. The Morgan fingerprint density at radius 3 is 2.83 bits per heavy atom. The van der Waals surface area contributed by atoms with Gasteiger partial charge in [-0.3, -0.25) is 0 Å². The van der Waals surface area contributed by atoms with Gasteiger partial charge in [0.05, 0.1) is 18.3 Å². The minimum Gasteiger partial charge on any atom is -0.394 e. The van der Waals surface area contributed by atoms with E-state index in [-0.39, 0.29) is 18.7 Å². The number of nitrogens with one attached hydrogen (secondary N) is 1. The molecule has 0 saturated carbocycles. The predicted octanol–water partition coefficient (Wildman–Crippen LogP) is 2.50. The van der Waals surface area contributed by atoms with E-state index in [9.17, 15) is 9.90 Å². The fourth-order valence-corrected chi connectivity index (χ4v) is 3.09. The van der Waals surface area contributed by atoms with Crippen LogP contribution in [0.5, 0.6) is 0 Å². The van der Waals surface area contributed by atoms with Gasteiger partial charge in [-0.1, -0.05) is 6.92 Å². The van der Waals surface area contributed by atoms with Crippen molar-refractivity contribution < 1.29 is 9.90 Å². The van der Waals surface area contributed by atoms with Gasteiger partial charge in [-0.15, -0.1) is 0 Å². The van der Waals surface area contributed by atoms with E-state index in [0.717, 1.165) is 24.2 Å². The smallest absolute Gasteiger partial charge is 0.322 e. The molecule has 1 aliphatic heterocycles.